The molecular formula is C26H36N4O2. The van der Waals surface area contributed by atoms with Gasteiger partial charge in [-0.05, 0) is 56.3 Å². The zero-order chi connectivity index (χ0) is 21.6. The molecule has 4 fully saturated rings. The summed E-state index contributed by atoms with van der Waals surface area (Å²) < 4.78 is 11.5. The maximum Gasteiger partial charge on any atom is 0.124 e. The summed E-state index contributed by atoms with van der Waals surface area (Å²) >= 11 is 0. The minimum atomic E-state index is 0.243. The van der Waals surface area contributed by atoms with Crippen molar-refractivity contribution in [1.29, 1.82) is 0 Å². The van der Waals surface area contributed by atoms with E-state index >= 15 is 0 Å². The van der Waals surface area contributed by atoms with Crippen molar-refractivity contribution in [2.24, 2.45) is 5.41 Å². The Kier molecular flexibility index (Phi) is 6.89. The first-order valence-electron chi connectivity index (χ1n) is 12.4. The number of rotatable bonds is 4. The number of benzene rings is 1. The van der Waals surface area contributed by atoms with Crippen LogP contribution in [0.3, 0.4) is 0 Å². The second kappa shape index (κ2) is 10.2. The maximum absolute atomic E-state index is 6.11. The van der Waals surface area contributed by atoms with Gasteiger partial charge in [-0.2, -0.15) is 0 Å². The highest BCUT2D eigenvalue weighted by molar-refractivity contribution is 5.46. The van der Waals surface area contributed by atoms with E-state index < -0.39 is 0 Å². The van der Waals surface area contributed by atoms with E-state index in [-0.39, 0.29) is 6.10 Å². The number of aromatic nitrogens is 2. The molecule has 3 saturated heterocycles. The summed E-state index contributed by atoms with van der Waals surface area (Å²) in [5.74, 6) is 1.71. The van der Waals surface area contributed by atoms with Gasteiger partial charge in [-0.25, -0.2) is 9.97 Å². The van der Waals surface area contributed by atoms with Gasteiger partial charge in [0.2, 0.25) is 0 Å². The first kappa shape index (κ1) is 21.7. The number of ether oxygens (including phenoxy) is 2. The lowest BCUT2D eigenvalue weighted by atomic mass is 9.78. The van der Waals surface area contributed by atoms with Gasteiger partial charge < -0.3 is 19.7 Å². The molecule has 172 valence electrons. The largest absolute Gasteiger partial charge is 0.488 e. The number of anilines is 1. The second-order valence-corrected chi connectivity index (χ2v) is 9.83. The van der Waals surface area contributed by atoms with Gasteiger partial charge in [0.25, 0.3) is 0 Å². The number of hydrogen-bond acceptors (Lipinski definition) is 6. The van der Waals surface area contributed by atoms with Crippen molar-refractivity contribution in [3.8, 4) is 5.75 Å². The maximum atomic E-state index is 6.11. The standard InChI is InChI=1S/C15H21NO2.C11H15N3/c1-2-4-15(18-13-7-10-17-11-13)14(3-1)12-5-8-16-9-6-12;1-2-4-11(3-1)7-14(8-11)10-5-12-9-13-6-10/h1-4,12-13,16H,5-11H2;5-6,9H,1-4,7-8H2/t13-;/m1./s1. The van der Waals surface area contributed by atoms with Crippen LogP contribution in [0.5, 0.6) is 5.75 Å². The van der Waals surface area contributed by atoms with Crippen LogP contribution in [-0.2, 0) is 4.74 Å². The predicted molar refractivity (Wildman–Crippen MR) is 126 cm³/mol. The fourth-order valence-corrected chi connectivity index (χ4v) is 5.69. The molecule has 4 aliphatic rings. The molecule has 1 aromatic heterocycles. The Morgan fingerprint density at radius 1 is 1.00 bits per heavy atom. The molecule has 1 N–H and O–H groups in total. The topological polar surface area (TPSA) is 59.5 Å². The second-order valence-electron chi connectivity index (χ2n) is 9.83. The lowest BCUT2D eigenvalue weighted by molar-refractivity contribution is 0.140. The van der Waals surface area contributed by atoms with Crippen LogP contribution in [0, 0.1) is 5.41 Å². The Balaban J connectivity index is 0.000000139. The first-order chi connectivity index (χ1) is 15.8. The third kappa shape index (κ3) is 5.07. The Morgan fingerprint density at radius 2 is 1.75 bits per heavy atom. The lowest BCUT2D eigenvalue weighted by Crippen LogP contribution is -2.55. The van der Waals surface area contributed by atoms with Crippen molar-refractivity contribution in [1.82, 2.24) is 15.3 Å². The highest BCUT2D eigenvalue weighted by Gasteiger charge is 2.44. The van der Waals surface area contributed by atoms with Crippen molar-refractivity contribution in [3.63, 3.8) is 0 Å². The Bertz CT molecular complexity index is 836. The Labute approximate surface area is 191 Å². The van der Waals surface area contributed by atoms with E-state index in [2.05, 4.69) is 44.5 Å². The normalized spacial score (nSPS) is 24.6. The third-order valence-corrected chi connectivity index (χ3v) is 7.51. The van der Waals surface area contributed by atoms with Crippen LogP contribution < -0.4 is 15.0 Å². The summed E-state index contributed by atoms with van der Waals surface area (Å²) in [5, 5.41) is 3.42. The molecule has 0 unspecified atom stereocenters. The van der Waals surface area contributed by atoms with Gasteiger partial charge in [0.05, 0.1) is 31.3 Å². The van der Waals surface area contributed by atoms with Gasteiger partial charge in [-0.15, -0.1) is 0 Å². The molecule has 6 rings (SSSR count). The monoisotopic (exact) mass is 436 g/mol. The predicted octanol–water partition coefficient (Wildman–Crippen LogP) is 4.18. The SMILES string of the molecule is c1ccc(C2CCNCC2)c(O[C@@H]2CCOC2)c1.c1ncc(N2CC3(CCCC3)C2)cn1. The Morgan fingerprint density at radius 3 is 2.47 bits per heavy atom. The number of para-hydroxylation sites is 1. The molecule has 1 aromatic carbocycles. The minimum Gasteiger partial charge on any atom is -0.488 e. The highest BCUT2D eigenvalue weighted by atomic mass is 16.5. The van der Waals surface area contributed by atoms with Crippen LogP contribution in [0.15, 0.2) is 43.0 Å². The molecule has 1 spiro atoms. The molecule has 1 aliphatic carbocycles. The summed E-state index contributed by atoms with van der Waals surface area (Å²) in [6.45, 7) is 6.25. The van der Waals surface area contributed by atoms with E-state index in [4.69, 9.17) is 9.47 Å². The summed E-state index contributed by atoms with van der Waals surface area (Å²) in [4.78, 5) is 10.5. The fraction of sp³-hybridized carbons (Fsp3) is 0.615. The number of nitrogens with one attached hydrogen (secondary N) is 1. The van der Waals surface area contributed by atoms with E-state index in [9.17, 15) is 0 Å². The fourth-order valence-electron chi connectivity index (χ4n) is 5.69. The summed E-state index contributed by atoms with van der Waals surface area (Å²) in [5.41, 5.74) is 3.23. The van der Waals surface area contributed by atoms with Crippen LogP contribution in [0.25, 0.3) is 0 Å². The molecule has 6 nitrogen and oxygen atoms in total. The number of piperidine rings is 1. The molecule has 0 amide bonds. The summed E-state index contributed by atoms with van der Waals surface area (Å²) in [6, 6.07) is 8.52. The molecule has 1 saturated carbocycles. The van der Waals surface area contributed by atoms with Crippen molar-refractivity contribution in [3.05, 3.63) is 48.5 Å². The molecule has 32 heavy (non-hydrogen) atoms. The number of hydrogen-bond donors (Lipinski definition) is 1. The van der Waals surface area contributed by atoms with Gasteiger partial charge in [0, 0.05) is 24.9 Å². The molecule has 0 radical (unpaired) electrons. The molecule has 6 heteroatoms. The van der Waals surface area contributed by atoms with Gasteiger partial charge >= 0.3 is 0 Å². The van der Waals surface area contributed by atoms with Crippen molar-refractivity contribution < 1.29 is 9.47 Å². The average Bonchev–Trinajstić information content (AvgIpc) is 3.53. The van der Waals surface area contributed by atoms with E-state index in [1.54, 1.807) is 6.33 Å². The minimum absolute atomic E-state index is 0.243. The van der Waals surface area contributed by atoms with Gasteiger partial charge in [-0.1, -0.05) is 31.0 Å². The van der Waals surface area contributed by atoms with E-state index in [1.165, 1.54) is 62.9 Å². The summed E-state index contributed by atoms with van der Waals surface area (Å²) in [6.07, 6.45) is 14.8. The zero-order valence-electron chi connectivity index (χ0n) is 19.0. The van der Waals surface area contributed by atoms with Crippen LogP contribution in [0.4, 0.5) is 5.69 Å². The molecule has 2 aromatic rings. The van der Waals surface area contributed by atoms with Crippen LogP contribution in [-0.4, -0.2) is 55.5 Å². The van der Waals surface area contributed by atoms with E-state index in [0.29, 0.717) is 11.3 Å². The zero-order valence-corrected chi connectivity index (χ0v) is 19.0. The number of nitrogens with zero attached hydrogens (tertiary/aromatic N) is 3. The smallest absolute Gasteiger partial charge is 0.124 e. The van der Waals surface area contributed by atoms with E-state index in [1.807, 2.05) is 12.4 Å². The molecule has 3 aliphatic heterocycles. The van der Waals surface area contributed by atoms with Crippen molar-refractivity contribution in [2.75, 3.05) is 44.3 Å². The lowest BCUT2D eigenvalue weighted by Gasteiger charge is -2.49. The molecular weight excluding hydrogens is 400 g/mol. The van der Waals surface area contributed by atoms with E-state index in [0.717, 1.165) is 38.5 Å². The van der Waals surface area contributed by atoms with Crippen molar-refractivity contribution in [2.45, 2.75) is 57.0 Å². The quantitative estimate of drug-likeness (QED) is 0.776. The van der Waals surface area contributed by atoms with Crippen LogP contribution in [0.1, 0.15) is 56.4 Å². The first-order valence-corrected chi connectivity index (χ1v) is 12.4. The van der Waals surface area contributed by atoms with Gasteiger partial charge in [-0.3, -0.25) is 0 Å². The average molecular weight is 437 g/mol. The van der Waals surface area contributed by atoms with Crippen LogP contribution >= 0.6 is 0 Å². The van der Waals surface area contributed by atoms with Crippen LogP contribution in [0.2, 0.25) is 0 Å². The third-order valence-electron chi connectivity index (χ3n) is 7.51. The van der Waals surface area contributed by atoms with Gasteiger partial charge in [0.1, 0.15) is 18.2 Å². The molecule has 4 heterocycles. The molecule has 1 atom stereocenters. The highest BCUT2D eigenvalue weighted by Crippen LogP contribution is 2.46. The Hall–Kier alpha value is -2.18. The van der Waals surface area contributed by atoms with Gasteiger partial charge in [0.15, 0.2) is 0 Å². The van der Waals surface area contributed by atoms with Crippen molar-refractivity contribution >= 4 is 5.69 Å². The summed E-state index contributed by atoms with van der Waals surface area (Å²) in [7, 11) is 0. The molecule has 0 bridgehead atoms.